The smallest absolute Gasteiger partial charge is 0.224 e. The lowest BCUT2D eigenvalue weighted by molar-refractivity contribution is -0.128. The number of hydrogen-bond acceptors (Lipinski definition) is 3. The number of hydrogen-bond donors (Lipinski definition) is 1. The highest BCUT2D eigenvalue weighted by atomic mass is 32.1. The van der Waals surface area contributed by atoms with Gasteiger partial charge in [0.1, 0.15) is 0 Å². The van der Waals surface area contributed by atoms with Crippen LogP contribution in [0.15, 0.2) is 16.8 Å². The fourth-order valence-electron chi connectivity index (χ4n) is 2.06. The minimum Gasteiger partial charge on any atom is -0.334 e. The topological polar surface area (TPSA) is 46.3 Å². The Morgan fingerprint density at radius 1 is 1.71 bits per heavy atom. The normalized spacial score (nSPS) is 27.3. The van der Waals surface area contributed by atoms with Gasteiger partial charge in [-0.25, -0.2) is 0 Å². The molecule has 0 saturated carbocycles. The Bertz CT molecular complexity index is 323. The molecule has 1 aliphatic rings. The van der Waals surface area contributed by atoms with Crippen LogP contribution in [0, 0.1) is 0 Å². The molecule has 14 heavy (non-hydrogen) atoms. The molecule has 2 atom stereocenters. The monoisotopic (exact) mass is 210 g/mol. The van der Waals surface area contributed by atoms with Gasteiger partial charge in [-0.3, -0.25) is 4.79 Å². The first-order chi connectivity index (χ1) is 6.74. The summed E-state index contributed by atoms with van der Waals surface area (Å²) < 4.78 is 0. The summed E-state index contributed by atoms with van der Waals surface area (Å²) in [7, 11) is 0. The molecule has 2 rings (SSSR count). The quantitative estimate of drug-likeness (QED) is 0.801. The first-order valence-corrected chi connectivity index (χ1v) is 5.75. The zero-order chi connectivity index (χ0) is 10.1. The molecule has 76 valence electrons. The van der Waals surface area contributed by atoms with Crippen LogP contribution < -0.4 is 5.73 Å². The lowest BCUT2D eigenvalue weighted by Crippen LogP contribution is -2.32. The van der Waals surface area contributed by atoms with E-state index in [-0.39, 0.29) is 18.0 Å². The number of amides is 1. The minimum atomic E-state index is -0.0444. The second kappa shape index (κ2) is 3.71. The van der Waals surface area contributed by atoms with E-state index >= 15 is 0 Å². The van der Waals surface area contributed by atoms with E-state index in [1.54, 1.807) is 11.3 Å². The van der Waals surface area contributed by atoms with Crippen LogP contribution in [-0.4, -0.2) is 23.4 Å². The Balaban J connectivity index is 2.28. The van der Waals surface area contributed by atoms with Crippen LogP contribution in [0.5, 0.6) is 0 Å². The van der Waals surface area contributed by atoms with E-state index in [0.29, 0.717) is 6.42 Å². The average molecular weight is 210 g/mol. The summed E-state index contributed by atoms with van der Waals surface area (Å²) in [4.78, 5) is 13.4. The molecule has 1 aliphatic heterocycles. The molecule has 2 N–H and O–H groups in total. The predicted octanol–water partition coefficient (Wildman–Crippen LogP) is 1.37. The molecule has 0 unspecified atom stereocenters. The third-order valence-corrected chi connectivity index (χ3v) is 3.40. The fraction of sp³-hybridized carbons (Fsp3) is 0.500. The van der Waals surface area contributed by atoms with E-state index in [4.69, 9.17) is 5.73 Å². The van der Waals surface area contributed by atoms with Crippen molar-refractivity contribution in [3.05, 3.63) is 22.4 Å². The van der Waals surface area contributed by atoms with E-state index in [9.17, 15) is 4.79 Å². The molecule has 1 aromatic heterocycles. The largest absolute Gasteiger partial charge is 0.334 e. The lowest BCUT2D eigenvalue weighted by atomic mass is 10.0. The summed E-state index contributed by atoms with van der Waals surface area (Å²) in [5.74, 6) is 0.177. The highest BCUT2D eigenvalue weighted by Gasteiger charge is 2.37. The van der Waals surface area contributed by atoms with E-state index in [1.807, 2.05) is 17.2 Å². The first kappa shape index (κ1) is 9.68. The zero-order valence-electron chi connectivity index (χ0n) is 8.14. The van der Waals surface area contributed by atoms with E-state index < -0.39 is 0 Å². The maximum absolute atomic E-state index is 11.6. The van der Waals surface area contributed by atoms with Crippen molar-refractivity contribution in [3.63, 3.8) is 0 Å². The molecule has 2 heterocycles. The lowest BCUT2D eigenvalue weighted by Gasteiger charge is -2.24. The SMILES string of the molecule is CCN1C(=O)C[C@H](N)[C@H]1c1ccsc1. The predicted molar refractivity (Wildman–Crippen MR) is 57.0 cm³/mol. The number of carbonyl (C=O) groups is 1. The number of nitrogens with zero attached hydrogens (tertiary/aromatic N) is 1. The molecule has 0 aliphatic carbocycles. The second-order valence-electron chi connectivity index (χ2n) is 3.55. The van der Waals surface area contributed by atoms with Crippen LogP contribution in [0.4, 0.5) is 0 Å². The molecule has 0 aromatic carbocycles. The van der Waals surface area contributed by atoms with Crippen molar-refractivity contribution >= 4 is 17.2 Å². The molecular weight excluding hydrogens is 196 g/mol. The average Bonchev–Trinajstić information content (AvgIpc) is 2.72. The Morgan fingerprint density at radius 3 is 3.07 bits per heavy atom. The van der Waals surface area contributed by atoms with Crippen molar-refractivity contribution in [2.24, 2.45) is 5.73 Å². The van der Waals surface area contributed by atoms with Gasteiger partial charge in [0.25, 0.3) is 0 Å². The maximum Gasteiger partial charge on any atom is 0.224 e. The van der Waals surface area contributed by atoms with Crippen molar-refractivity contribution in [1.29, 1.82) is 0 Å². The van der Waals surface area contributed by atoms with Gasteiger partial charge in [0, 0.05) is 19.0 Å². The van der Waals surface area contributed by atoms with Gasteiger partial charge in [-0.2, -0.15) is 11.3 Å². The van der Waals surface area contributed by atoms with Gasteiger partial charge in [-0.1, -0.05) is 0 Å². The van der Waals surface area contributed by atoms with Crippen molar-refractivity contribution in [2.45, 2.75) is 25.4 Å². The highest BCUT2D eigenvalue weighted by molar-refractivity contribution is 7.08. The molecule has 0 radical (unpaired) electrons. The molecule has 0 spiro atoms. The van der Waals surface area contributed by atoms with Crippen LogP contribution >= 0.6 is 11.3 Å². The van der Waals surface area contributed by atoms with Crippen LogP contribution in [0.2, 0.25) is 0 Å². The molecule has 1 amide bonds. The number of likely N-dealkylation sites (tertiary alicyclic amines) is 1. The number of likely N-dealkylation sites (N-methyl/N-ethyl adjacent to an activating group) is 1. The summed E-state index contributed by atoms with van der Waals surface area (Å²) in [5.41, 5.74) is 7.14. The Hall–Kier alpha value is -0.870. The Labute approximate surface area is 87.5 Å². The fourth-order valence-corrected chi connectivity index (χ4v) is 2.75. The number of thiophene rings is 1. The molecule has 0 bridgehead atoms. The maximum atomic E-state index is 11.6. The molecule has 1 fully saturated rings. The van der Waals surface area contributed by atoms with Gasteiger partial charge in [0.15, 0.2) is 0 Å². The standard InChI is InChI=1S/C10H14N2OS/c1-2-12-9(13)5-8(11)10(12)7-3-4-14-6-7/h3-4,6,8,10H,2,5,11H2,1H3/t8-,10+/m0/s1. The second-order valence-corrected chi connectivity index (χ2v) is 4.33. The summed E-state index contributed by atoms with van der Waals surface area (Å²) in [5, 5.41) is 4.10. The van der Waals surface area contributed by atoms with Gasteiger partial charge in [-0.05, 0) is 29.3 Å². The third kappa shape index (κ3) is 1.44. The van der Waals surface area contributed by atoms with E-state index in [0.717, 1.165) is 6.54 Å². The van der Waals surface area contributed by atoms with Crippen LogP contribution in [-0.2, 0) is 4.79 Å². The Morgan fingerprint density at radius 2 is 2.50 bits per heavy atom. The molecule has 3 nitrogen and oxygen atoms in total. The summed E-state index contributed by atoms with van der Waals surface area (Å²) >= 11 is 1.65. The number of rotatable bonds is 2. The Kier molecular flexibility index (Phi) is 2.56. The zero-order valence-corrected chi connectivity index (χ0v) is 8.96. The van der Waals surface area contributed by atoms with Gasteiger partial charge >= 0.3 is 0 Å². The van der Waals surface area contributed by atoms with Crippen LogP contribution in [0.1, 0.15) is 24.9 Å². The molecule has 1 saturated heterocycles. The van der Waals surface area contributed by atoms with Gasteiger partial charge in [-0.15, -0.1) is 0 Å². The molecular formula is C10H14N2OS. The molecule has 1 aromatic rings. The summed E-state index contributed by atoms with van der Waals surface area (Å²) in [6.07, 6.45) is 0.481. The van der Waals surface area contributed by atoms with Gasteiger partial charge in [0.05, 0.1) is 6.04 Å². The molecule has 4 heteroatoms. The summed E-state index contributed by atoms with van der Waals surface area (Å²) in [6, 6.07) is 2.10. The number of nitrogens with two attached hydrogens (primary N) is 1. The van der Waals surface area contributed by atoms with Crippen molar-refractivity contribution < 1.29 is 4.79 Å². The third-order valence-electron chi connectivity index (χ3n) is 2.70. The van der Waals surface area contributed by atoms with E-state index in [1.165, 1.54) is 5.56 Å². The van der Waals surface area contributed by atoms with Gasteiger partial charge < -0.3 is 10.6 Å². The van der Waals surface area contributed by atoms with Gasteiger partial charge in [0.2, 0.25) is 5.91 Å². The van der Waals surface area contributed by atoms with E-state index in [2.05, 4.69) is 11.4 Å². The van der Waals surface area contributed by atoms with Crippen LogP contribution in [0.3, 0.4) is 0 Å². The highest BCUT2D eigenvalue weighted by Crippen LogP contribution is 2.32. The minimum absolute atomic E-state index is 0.0444. The number of carbonyl (C=O) groups excluding carboxylic acids is 1. The first-order valence-electron chi connectivity index (χ1n) is 4.81. The summed E-state index contributed by atoms with van der Waals surface area (Å²) in [6.45, 7) is 2.74. The van der Waals surface area contributed by atoms with Crippen molar-refractivity contribution in [2.75, 3.05) is 6.54 Å². The van der Waals surface area contributed by atoms with Crippen molar-refractivity contribution in [3.8, 4) is 0 Å². The van der Waals surface area contributed by atoms with Crippen molar-refractivity contribution in [1.82, 2.24) is 4.90 Å². The van der Waals surface area contributed by atoms with Crippen LogP contribution in [0.25, 0.3) is 0 Å².